The van der Waals surface area contributed by atoms with Crippen LogP contribution in [-0.2, 0) is 6.42 Å². The van der Waals surface area contributed by atoms with Crippen LogP contribution in [0.5, 0.6) is 0 Å². The molecule has 0 fully saturated rings. The summed E-state index contributed by atoms with van der Waals surface area (Å²) < 4.78 is 13.5. The first-order valence-corrected chi connectivity index (χ1v) is 7.13. The zero-order valence-corrected chi connectivity index (χ0v) is 12.0. The number of nitrogens with one attached hydrogen (secondary N) is 1. The quantitative estimate of drug-likeness (QED) is 0.889. The highest BCUT2D eigenvalue weighted by Gasteiger charge is 2.19. The molecule has 0 aliphatic heterocycles. The number of thiazole rings is 1. The summed E-state index contributed by atoms with van der Waals surface area (Å²) in [6.45, 7) is 1.91. The number of nitrogens with zero attached hydrogens (tertiary/aromatic N) is 1. The van der Waals surface area contributed by atoms with Crippen molar-refractivity contribution in [2.24, 2.45) is 0 Å². The minimum Gasteiger partial charge on any atom is -0.477 e. The zero-order chi connectivity index (χ0) is 15.4. The predicted octanol–water partition coefficient (Wildman–Crippen LogP) is 3.19. The summed E-state index contributed by atoms with van der Waals surface area (Å²) in [6, 6.07) is 5.56. The number of anilines is 1. The Kier molecular flexibility index (Phi) is 4.64. The van der Waals surface area contributed by atoms with E-state index in [1.54, 1.807) is 6.07 Å². The van der Waals surface area contributed by atoms with Crippen LogP contribution in [0.3, 0.4) is 0 Å². The smallest absolute Gasteiger partial charge is 0.347 e. The van der Waals surface area contributed by atoms with Gasteiger partial charge in [0.05, 0.1) is 11.3 Å². The van der Waals surface area contributed by atoms with Gasteiger partial charge in [-0.1, -0.05) is 36.8 Å². The van der Waals surface area contributed by atoms with Crippen molar-refractivity contribution in [1.29, 1.82) is 0 Å². The lowest BCUT2D eigenvalue weighted by Gasteiger charge is -2.02. The second-order valence-electron chi connectivity index (χ2n) is 4.28. The van der Waals surface area contributed by atoms with Gasteiger partial charge in [-0.3, -0.25) is 10.1 Å². The molecule has 5 nitrogen and oxygen atoms in total. The lowest BCUT2D eigenvalue weighted by Crippen LogP contribution is -2.13. The number of carbonyl (C=O) groups is 2. The molecular formula is C14H13FN2O3S. The Morgan fingerprint density at radius 2 is 2.10 bits per heavy atom. The van der Waals surface area contributed by atoms with Crippen molar-refractivity contribution in [3.05, 3.63) is 46.2 Å². The Labute approximate surface area is 124 Å². The maximum absolute atomic E-state index is 13.5. The third kappa shape index (κ3) is 3.43. The van der Waals surface area contributed by atoms with E-state index in [9.17, 15) is 14.0 Å². The van der Waals surface area contributed by atoms with E-state index in [2.05, 4.69) is 10.3 Å². The molecule has 0 saturated carbocycles. The number of aromatic nitrogens is 1. The molecular weight excluding hydrogens is 295 g/mol. The number of benzene rings is 1. The molecule has 0 aliphatic carbocycles. The van der Waals surface area contributed by atoms with E-state index in [4.69, 9.17) is 5.11 Å². The van der Waals surface area contributed by atoms with Crippen molar-refractivity contribution in [3.8, 4) is 0 Å². The van der Waals surface area contributed by atoms with Gasteiger partial charge >= 0.3 is 5.97 Å². The first kappa shape index (κ1) is 15.1. The summed E-state index contributed by atoms with van der Waals surface area (Å²) in [6.07, 6.45) is 1.25. The number of carboxylic acid groups (broad SMARTS) is 1. The van der Waals surface area contributed by atoms with Crippen LogP contribution in [0.1, 0.15) is 39.1 Å². The summed E-state index contributed by atoms with van der Waals surface area (Å²) in [5, 5.41) is 11.7. The SMILES string of the molecule is CCCc1nc(NC(=O)c2ccccc2F)sc1C(=O)O. The Bertz CT molecular complexity index is 685. The van der Waals surface area contributed by atoms with Crippen molar-refractivity contribution >= 4 is 28.3 Å². The second-order valence-corrected chi connectivity index (χ2v) is 5.28. The topological polar surface area (TPSA) is 79.3 Å². The predicted molar refractivity (Wildman–Crippen MR) is 77.4 cm³/mol. The van der Waals surface area contributed by atoms with Gasteiger partial charge in [-0.15, -0.1) is 0 Å². The number of halogens is 1. The molecule has 0 bridgehead atoms. The zero-order valence-electron chi connectivity index (χ0n) is 11.2. The van der Waals surface area contributed by atoms with E-state index >= 15 is 0 Å². The van der Waals surface area contributed by atoms with E-state index in [1.165, 1.54) is 18.2 Å². The molecule has 1 heterocycles. The molecule has 0 unspecified atom stereocenters. The van der Waals surface area contributed by atoms with E-state index < -0.39 is 17.7 Å². The number of aryl methyl sites for hydroxylation is 1. The van der Waals surface area contributed by atoms with Crippen LogP contribution in [0.15, 0.2) is 24.3 Å². The number of carbonyl (C=O) groups excluding carboxylic acids is 1. The van der Waals surface area contributed by atoms with Crippen molar-refractivity contribution in [2.45, 2.75) is 19.8 Å². The first-order valence-electron chi connectivity index (χ1n) is 6.31. The number of aromatic carboxylic acids is 1. The van der Waals surface area contributed by atoms with Crippen LogP contribution >= 0.6 is 11.3 Å². The van der Waals surface area contributed by atoms with Crippen LogP contribution in [0.25, 0.3) is 0 Å². The summed E-state index contributed by atoms with van der Waals surface area (Å²) in [5.41, 5.74) is 0.320. The van der Waals surface area contributed by atoms with Crippen LogP contribution in [0, 0.1) is 5.82 Å². The van der Waals surface area contributed by atoms with Gasteiger partial charge < -0.3 is 5.11 Å². The molecule has 1 aromatic heterocycles. The minimum absolute atomic E-state index is 0.0979. The van der Waals surface area contributed by atoms with Crippen molar-refractivity contribution < 1.29 is 19.1 Å². The highest BCUT2D eigenvalue weighted by Crippen LogP contribution is 2.25. The first-order chi connectivity index (χ1) is 10.0. The van der Waals surface area contributed by atoms with Gasteiger partial charge in [-0.05, 0) is 18.6 Å². The molecule has 0 spiro atoms. The summed E-state index contributed by atoms with van der Waals surface area (Å²) in [4.78, 5) is 27.3. The lowest BCUT2D eigenvalue weighted by molar-refractivity contribution is 0.0700. The van der Waals surface area contributed by atoms with Crippen molar-refractivity contribution in [2.75, 3.05) is 5.32 Å². The van der Waals surface area contributed by atoms with Gasteiger partial charge in [0.25, 0.3) is 5.91 Å². The fourth-order valence-electron chi connectivity index (χ4n) is 1.79. The molecule has 0 aliphatic rings. The molecule has 21 heavy (non-hydrogen) atoms. The normalized spacial score (nSPS) is 10.4. The fraction of sp³-hybridized carbons (Fsp3) is 0.214. The highest BCUT2D eigenvalue weighted by atomic mass is 32.1. The number of carboxylic acids is 1. The Hall–Kier alpha value is -2.28. The Balaban J connectivity index is 2.24. The molecule has 1 aromatic carbocycles. The highest BCUT2D eigenvalue weighted by molar-refractivity contribution is 7.17. The Morgan fingerprint density at radius 1 is 1.38 bits per heavy atom. The molecule has 1 amide bonds. The summed E-state index contributed by atoms with van der Waals surface area (Å²) in [5.74, 6) is -2.37. The molecule has 7 heteroatoms. The third-order valence-electron chi connectivity index (χ3n) is 2.72. The molecule has 2 rings (SSSR count). The van der Waals surface area contributed by atoms with Crippen molar-refractivity contribution in [3.63, 3.8) is 0 Å². The van der Waals surface area contributed by atoms with E-state index in [0.29, 0.717) is 12.1 Å². The van der Waals surface area contributed by atoms with Crippen LogP contribution in [-0.4, -0.2) is 22.0 Å². The minimum atomic E-state index is -1.08. The number of amides is 1. The standard InChI is InChI=1S/C14H13FN2O3S/c1-2-5-10-11(13(19)20)21-14(16-10)17-12(18)8-6-3-4-7-9(8)15/h3-4,6-7H,2,5H2,1H3,(H,19,20)(H,16,17,18). The molecule has 110 valence electrons. The average molecular weight is 308 g/mol. The number of hydrogen-bond acceptors (Lipinski definition) is 4. The van der Waals surface area contributed by atoms with E-state index in [-0.39, 0.29) is 15.6 Å². The molecule has 2 aromatic rings. The molecule has 0 saturated heterocycles. The fourth-order valence-corrected chi connectivity index (χ4v) is 2.63. The van der Waals surface area contributed by atoms with Gasteiger partial charge in [-0.25, -0.2) is 14.2 Å². The van der Waals surface area contributed by atoms with Crippen molar-refractivity contribution in [1.82, 2.24) is 4.98 Å². The van der Waals surface area contributed by atoms with E-state index in [1.807, 2.05) is 6.92 Å². The van der Waals surface area contributed by atoms with Crippen LogP contribution < -0.4 is 5.32 Å². The average Bonchev–Trinajstić information content (AvgIpc) is 2.82. The number of rotatable bonds is 5. The van der Waals surface area contributed by atoms with Gasteiger partial charge in [0, 0.05) is 0 Å². The van der Waals surface area contributed by atoms with Crippen LogP contribution in [0.4, 0.5) is 9.52 Å². The van der Waals surface area contributed by atoms with Gasteiger partial charge in [0.15, 0.2) is 5.13 Å². The Morgan fingerprint density at radius 3 is 2.71 bits per heavy atom. The second kappa shape index (κ2) is 6.45. The largest absolute Gasteiger partial charge is 0.477 e. The lowest BCUT2D eigenvalue weighted by atomic mass is 10.2. The molecule has 0 atom stereocenters. The summed E-state index contributed by atoms with van der Waals surface area (Å²) in [7, 11) is 0. The van der Waals surface area contributed by atoms with Gasteiger partial charge in [0.2, 0.25) is 0 Å². The van der Waals surface area contributed by atoms with Gasteiger partial charge in [-0.2, -0.15) is 0 Å². The van der Waals surface area contributed by atoms with Gasteiger partial charge in [0.1, 0.15) is 10.7 Å². The number of hydrogen-bond donors (Lipinski definition) is 2. The third-order valence-corrected chi connectivity index (χ3v) is 3.72. The molecule has 2 N–H and O–H groups in total. The molecule has 0 radical (unpaired) electrons. The maximum atomic E-state index is 13.5. The summed E-state index contributed by atoms with van der Waals surface area (Å²) >= 11 is 0.871. The maximum Gasteiger partial charge on any atom is 0.347 e. The monoisotopic (exact) mass is 308 g/mol. The van der Waals surface area contributed by atoms with Crippen LogP contribution in [0.2, 0.25) is 0 Å². The van der Waals surface area contributed by atoms with E-state index in [0.717, 1.165) is 17.8 Å².